The van der Waals surface area contributed by atoms with E-state index in [-0.39, 0.29) is 11.0 Å². The summed E-state index contributed by atoms with van der Waals surface area (Å²) < 4.78 is 0.805. The molecule has 0 saturated heterocycles. The maximum absolute atomic E-state index is 12.2. The van der Waals surface area contributed by atoms with Gasteiger partial charge in [-0.05, 0) is 55.2 Å². The van der Waals surface area contributed by atoms with Gasteiger partial charge in [0.2, 0.25) is 0 Å². The van der Waals surface area contributed by atoms with Gasteiger partial charge < -0.3 is 11.1 Å². The Balaban J connectivity index is 1.74. The summed E-state index contributed by atoms with van der Waals surface area (Å²) in [7, 11) is 0. The molecule has 1 aliphatic carbocycles. The van der Waals surface area contributed by atoms with Crippen LogP contribution in [0, 0.1) is 0 Å². The molecule has 0 spiro atoms. The van der Waals surface area contributed by atoms with Crippen molar-refractivity contribution in [1.29, 1.82) is 0 Å². The Kier molecular flexibility index (Phi) is 4.98. The van der Waals surface area contributed by atoms with Gasteiger partial charge in [0.05, 0.1) is 5.56 Å². The zero-order valence-electron chi connectivity index (χ0n) is 12.5. The molecule has 8 heteroatoms. The third-order valence-corrected chi connectivity index (χ3v) is 5.61. The lowest BCUT2D eigenvalue weighted by Gasteiger charge is -2.10. The van der Waals surface area contributed by atoms with Crippen LogP contribution in [0.25, 0.3) is 0 Å². The Morgan fingerprint density at radius 3 is 2.79 bits per heavy atom. The highest BCUT2D eigenvalue weighted by Gasteiger charge is 2.25. The number of carbonyl (C=O) groups is 2. The lowest BCUT2D eigenvalue weighted by molar-refractivity contribution is 0.0975. The molecule has 24 heavy (non-hydrogen) atoms. The lowest BCUT2D eigenvalue weighted by atomic mass is 10.1. The SMILES string of the molecule is NC(=O)c1c(NC(=S)NC(=O)c2cccc(Br)c2)sc2c1CCC2. The molecule has 5 nitrogen and oxygen atoms in total. The first-order valence-electron chi connectivity index (χ1n) is 7.28. The number of rotatable bonds is 3. The molecule has 1 aromatic heterocycles. The van der Waals surface area contributed by atoms with Crippen molar-refractivity contribution in [3.05, 3.63) is 50.3 Å². The average molecular weight is 424 g/mol. The number of halogens is 1. The van der Waals surface area contributed by atoms with Crippen LogP contribution in [0.5, 0.6) is 0 Å². The fraction of sp³-hybridized carbons (Fsp3) is 0.188. The quantitative estimate of drug-likeness (QED) is 0.661. The van der Waals surface area contributed by atoms with Crippen LogP contribution >= 0.6 is 39.5 Å². The number of nitrogens with one attached hydrogen (secondary N) is 2. The molecule has 0 aliphatic heterocycles. The second-order valence-corrected chi connectivity index (χ2v) is 7.77. The summed E-state index contributed by atoms with van der Waals surface area (Å²) in [6, 6.07) is 6.99. The summed E-state index contributed by atoms with van der Waals surface area (Å²) in [6.07, 6.45) is 2.83. The number of amides is 2. The highest BCUT2D eigenvalue weighted by Crippen LogP contribution is 2.38. The van der Waals surface area contributed by atoms with Crippen LogP contribution in [0.15, 0.2) is 28.7 Å². The van der Waals surface area contributed by atoms with Gasteiger partial charge in [-0.3, -0.25) is 14.9 Å². The Labute approximate surface area is 156 Å². The first kappa shape index (κ1) is 17.1. The minimum atomic E-state index is -0.474. The molecule has 4 N–H and O–H groups in total. The maximum Gasteiger partial charge on any atom is 0.257 e. The number of fused-ring (bicyclic) bond motifs is 1. The van der Waals surface area contributed by atoms with E-state index in [1.165, 1.54) is 11.3 Å². The maximum atomic E-state index is 12.2. The number of primary amides is 1. The molecular formula is C16H14BrN3O2S2. The van der Waals surface area contributed by atoms with Gasteiger partial charge in [-0.25, -0.2) is 0 Å². The molecular weight excluding hydrogens is 410 g/mol. The van der Waals surface area contributed by atoms with Crippen LogP contribution in [0.2, 0.25) is 0 Å². The highest BCUT2D eigenvalue weighted by atomic mass is 79.9. The van der Waals surface area contributed by atoms with Crippen molar-refractivity contribution in [2.75, 3.05) is 5.32 Å². The number of aryl methyl sites for hydroxylation is 1. The predicted molar refractivity (Wildman–Crippen MR) is 103 cm³/mol. The first-order chi connectivity index (χ1) is 11.5. The molecule has 3 rings (SSSR count). The molecule has 0 radical (unpaired) electrons. The van der Waals surface area contributed by atoms with Crippen molar-refractivity contribution < 1.29 is 9.59 Å². The first-order valence-corrected chi connectivity index (χ1v) is 9.29. The number of thiophene rings is 1. The zero-order chi connectivity index (χ0) is 17.3. The predicted octanol–water partition coefficient (Wildman–Crippen LogP) is 3.23. The van der Waals surface area contributed by atoms with Crippen molar-refractivity contribution in [1.82, 2.24) is 5.32 Å². The Morgan fingerprint density at radius 1 is 1.29 bits per heavy atom. The van der Waals surface area contributed by atoms with Gasteiger partial charge in [0.15, 0.2) is 5.11 Å². The van der Waals surface area contributed by atoms with Gasteiger partial charge in [0, 0.05) is 14.9 Å². The van der Waals surface area contributed by atoms with Crippen LogP contribution < -0.4 is 16.4 Å². The largest absolute Gasteiger partial charge is 0.365 e. The number of hydrogen-bond acceptors (Lipinski definition) is 4. The van der Waals surface area contributed by atoms with Gasteiger partial charge in [0.25, 0.3) is 11.8 Å². The summed E-state index contributed by atoms with van der Waals surface area (Å²) in [6.45, 7) is 0. The molecule has 0 unspecified atom stereocenters. The zero-order valence-corrected chi connectivity index (χ0v) is 15.7. The fourth-order valence-corrected chi connectivity index (χ4v) is 4.65. The Bertz CT molecular complexity index is 848. The Morgan fingerprint density at radius 2 is 2.08 bits per heavy atom. The molecule has 0 saturated carbocycles. The molecule has 0 atom stereocenters. The number of benzene rings is 1. The van der Waals surface area contributed by atoms with Gasteiger partial charge >= 0.3 is 0 Å². The summed E-state index contributed by atoms with van der Waals surface area (Å²) in [5.74, 6) is -0.795. The average Bonchev–Trinajstić information content (AvgIpc) is 3.06. The Hall–Kier alpha value is -1.77. The second kappa shape index (κ2) is 7.00. The lowest BCUT2D eigenvalue weighted by Crippen LogP contribution is -2.34. The monoisotopic (exact) mass is 423 g/mol. The molecule has 1 aliphatic rings. The molecule has 124 valence electrons. The molecule has 1 aromatic carbocycles. The van der Waals surface area contributed by atoms with Crippen molar-refractivity contribution in [3.63, 3.8) is 0 Å². The summed E-state index contributed by atoms with van der Waals surface area (Å²) >= 11 is 9.99. The van der Waals surface area contributed by atoms with E-state index in [9.17, 15) is 9.59 Å². The van der Waals surface area contributed by atoms with E-state index < -0.39 is 5.91 Å². The number of anilines is 1. The van der Waals surface area contributed by atoms with Gasteiger partial charge in [0.1, 0.15) is 5.00 Å². The van der Waals surface area contributed by atoms with Crippen LogP contribution in [0.4, 0.5) is 5.00 Å². The van der Waals surface area contributed by atoms with E-state index in [1.54, 1.807) is 18.2 Å². The van der Waals surface area contributed by atoms with Gasteiger partial charge in [-0.1, -0.05) is 22.0 Å². The summed E-state index contributed by atoms with van der Waals surface area (Å²) in [5, 5.41) is 6.30. The van der Waals surface area contributed by atoms with Gasteiger partial charge in [-0.2, -0.15) is 0 Å². The van der Waals surface area contributed by atoms with Crippen molar-refractivity contribution in [3.8, 4) is 0 Å². The minimum Gasteiger partial charge on any atom is -0.365 e. The van der Waals surface area contributed by atoms with Crippen LogP contribution in [0.1, 0.15) is 37.6 Å². The van der Waals surface area contributed by atoms with Crippen LogP contribution in [-0.2, 0) is 12.8 Å². The number of nitrogens with two attached hydrogens (primary N) is 1. The summed E-state index contributed by atoms with van der Waals surface area (Å²) in [4.78, 5) is 25.1. The van der Waals surface area contributed by atoms with Gasteiger partial charge in [-0.15, -0.1) is 11.3 Å². The minimum absolute atomic E-state index is 0.141. The van der Waals surface area contributed by atoms with E-state index in [2.05, 4.69) is 26.6 Å². The van der Waals surface area contributed by atoms with E-state index in [1.807, 2.05) is 6.07 Å². The molecule has 1 heterocycles. The molecule has 0 fully saturated rings. The smallest absolute Gasteiger partial charge is 0.257 e. The number of thiocarbonyl (C=S) groups is 1. The molecule has 2 amide bonds. The molecule has 0 bridgehead atoms. The van der Waals surface area contributed by atoms with Crippen LogP contribution in [-0.4, -0.2) is 16.9 Å². The summed E-state index contributed by atoms with van der Waals surface area (Å²) in [5.41, 5.74) is 7.49. The normalized spacial score (nSPS) is 12.5. The van der Waals surface area contributed by atoms with E-state index >= 15 is 0 Å². The topological polar surface area (TPSA) is 84.2 Å². The molecule has 2 aromatic rings. The highest BCUT2D eigenvalue weighted by molar-refractivity contribution is 9.10. The number of hydrogen-bond donors (Lipinski definition) is 3. The van der Waals surface area contributed by atoms with Crippen molar-refractivity contribution >= 4 is 61.4 Å². The fourth-order valence-electron chi connectivity index (χ4n) is 2.69. The van der Waals surface area contributed by atoms with Crippen LogP contribution in [0.3, 0.4) is 0 Å². The third-order valence-electron chi connectivity index (χ3n) is 3.71. The van der Waals surface area contributed by atoms with E-state index in [0.29, 0.717) is 16.1 Å². The van der Waals surface area contributed by atoms with E-state index in [0.717, 1.165) is 34.2 Å². The third kappa shape index (κ3) is 3.50. The standard InChI is InChI=1S/C16H14BrN3O2S2/c17-9-4-1-3-8(7-9)14(22)19-16(23)20-15-12(13(18)21)10-5-2-6-11(10)24-15/h1,3-4,7H,2,5-6H2,(H2,18,21)(H2,19,20,22,23). The number of carbonyl (C=O) groups excluding carboxylic acids is 2. The van der Waals surface area contributed by atoms with E-state index in [4.69, 9.17) is 18.0 Å². The van der Waals surface area contributed by atoms with Crippen molar-refractivity contribution in [2.24, 2.45) is 5.73 Å². The van der Waals surface area contributed by atoms with Crippen molar-refractivity contribution in [2.45, 2.75) is 19.3 Å². The second-order valence-electron chi connectivity index (χ2n) is 5.34.